The van der Waals surface area contributed by atoms with Gasteiger partial charge in [0.1, 0.15) is 0 Å². The lowest BCUT2D eigenvalue weighted by molar-refractivity contribution is -0.117. The highest BCUT2D eigenvalue weighted by Crippen LogP contribution is 2.47. The normalized spacial score (nSPS) is 20.0. The second-order valence-electron chi connectivity index (χ2n) is 5.80. The van der Waals surface area contributed by atoms with E-state index in [4.69, 9.17) is 0 Å². The van der Waals surface area contributed by atoms with Gasteiger partial charge < -0.3 is 5.32 Å². The number of fused-ring (bicyclic) bond motifs is 1. The Kier molecular flexibility index (Phi) is 2.92. The van der Waals surface area contributed by atoms with Gasteiger partial charge in [-0.1, -0.05) is 6.07 Å². The van der Waals surface area contributed by atoms with Crippen LogP contribution in [0.15, 0.2) is 48.9 Å². The van der Waals surface area contributed by atoms with Gasteiger partial charge in [-0.15, -0.1) is 0 Å². The van der Waals surface area contributed by atoms with Crippen LogP contribution in [0.3, 0.4) is 0 Å². The predicted molar refractivity (Wildman–Crippen MR) is 84.4 cm³/mol. The topological polar surface area (TPSA) is 59.8 Å². The van der Waals surface area contributed by atoms with Crippen LogP contribution in [0.5, 0.6) is 0 Å². The van der Waals surface area contributed by atoms with Crippen molar-refractivity contribution in [3.05, 3.63) is 54.5 Å². The van der Waals surface area contributed by atoms with Crippen LogP contribution in [-0.4, -0.2) is 20.7 Å². The molecule has 0 saturated heterocycles. The van der Waals surface area contributed by atoms with Gasteiger partial charge in [-0.25, -0.2) is 0 Å². The number of hydrogen-bond donors (Lipinski definition) is 1. The number of pyridine rings is 1. The third-order valence-corrected chi connectivity index (χ3v) is 4.15. The van der Waals surface area contributed by atoms with Crippen LogP contribution in [0.2, 0.25) is 0 Å². The number of benzene rings is 1. The number of carbonyl (C=O) groups is 1. The van der Waals surface area contributed by atoms with E-state index in [2.05, 4.69) is 15.4 Å². The lowest BCUT2D eigenvalue weighted by Gasteiger charge is -2.06. The summed E-state index contributed by atoms with van der Waals surface area (Å²) >= 11 is 0. The summed E-state index contributed by atoms with van der Waals surface area (Å²) in [5.74, 6) is 0.432. The molecule has 1 aromatic carbocycles. The van der Waals surface area contributed by atoms with Gasteiger partial charge in [0.25, 0.3) is 0 Å². The first-order chi connectivity index (χ1) is 10.7. The average molecular weight is 292 g/mol. The maximum absolute atomic E-state index is 12.3. The molecule has 0 aliphatic heterocycles. The molecule has 0 spiro atoms. The van der Waals surface area contributed by atoms with Crippen LogP contribution in [0.4, 0.5) is 5.69 Å². The summed E-state index contributed by atoms with van der Waals surface area (Å²) in [5.41, 5.74) is 2.90. The summed E-state index contributed by atoms with van der Waals surface area (Å²) < 4.78 is 1.78. The number of nitrogens with zero attached hydrogens (tertiary/aromatic N) is 3. The van der Waals surface area contributed by atoms with E-state index in [9.17, 15) is 4.79 Å². The largest absolute Gasteiger partial charge is 0.326 e. The molecule has 0 unspecified atom stereocenters. The zero-order chi connectivity index (χ0) is 15.1. The Bertz CT molecular complexity index is 854. The van der Waals surface area contributed by atoms with Crippen molar-refractivity contribution in [3.8, 4) is 0 Å². The highest BCUT2D eigenvalue weighted by atomic mass is 16.2. The third-order valence-electron chi connectivity index (χ3n) is 4.15. The van der Waals surface area contributed by atoms with Crippen LogP contribution in [0, 0.1) is 5.92 Å². The second kappa shape index (κ2) is 4.94. The zero-order valence-corrected chi connectivity index (χ0v) is 12.2. The molecule has 22 heavy (non-hydrogen) atoms. The minimum absolute atomic E-state index is 0.0498. The SMILES string of the molecule is Cn1cc([C@@H]2C[C@H]2C(=O)Nc2ccc3ncccc3c2)cn1. The highest BCUT2D eigenvalue weighted by molar-refractivity contribution is 5.97. The molecule has 2 heterocycles. The maximum atomic E-state index is 12.3. The minimum atomic E-state index is 0.0498. The molecule has 1 fully saturated rings. The number of amides is 1. The molecular formula is C17H16N4O. The summed E-state index contributed by atoms with van der Waals surface area (Å²) in [7, 11) is 1.89. The number of aromatic nitrogens is 3. The van der Waals surface area contributed by atoms with Crippen molar-refractivity contribution in [3.63, 3.8) is 0 Å². The summed E-state index contributed by atoms with van der Waals surface area (Å²) in [6, 6.07) is 9.67. The van der Waals surface area contributed by atoms with Crippen LogP contribution in [0.1, 0.15) is 17.9 Å². The first-order valence-corrected chi connectivity index (χ1v) is 7.35. The van der Waals surface area contributed by atoms with E-state index in [1.807, 2.05) is 49.8 Å². The molecule has 1 aliphatic rings. The molecule has 110 valence electrons. The van der Waals surface area contributed by atoms with Crippen molar-refractivity contribution in [2.24, 2.45) is 13.0 Å². The van der Waals surface area contributed by atoms with E-state index < -0.39 is 0 Å². The molecule has 4 rings (SSSR count). The van der Waals surface area contributed by atoms with Crippen molar-refractivity contribution in [1.82, 2.24) is 14.8 Å². The summed E-state index contributed by atoms with van der Waals surface area (Å²) in [4.78, 5) is 16.6. The Balaban J connectivity index is 1.47. The maximum Gasteiger partial charge on any atom is 0.228 e. The Morgan fingerprint density at radius 2 is 2.27 bits per heavy atom. The summed E-state index contributed by atoms with van der Waals surface area (Å²) in [5, 5.41) is 8.20. The van der Waals surface area contributed by atoms with Gasteiger partial charge in [0.15, 0.2) is 0 Å². The van der Waals surface area contributed by atoms with Crippen molar-refractivity contribution < 1.29 is 4.79 Å². The lowest BCUT2D eigenvalue weighted by Crippen LogP contribution is -2.14. The lowest BCUT2D eigenvalue weighted by atomic mass is 10.1. The number of carbonyl (C=O) groups excluding carboxylic acids is 1. The number of anilines is 1. The van der Waals surface area contributed by atoms with Crippen molar-refractivity contribution in [2.45, 2.75) is 12.3 Å². The van der Waals surface area contributed by atoms with E-state index in [1.54, 1.807) is 10.9 Å². The van der Waals surface area contributed by atoms with Crippen LogP contribution in [-0.2, 0) is 11.8 Å². The molecule has 1 N–H and O–H groups in total. The summed E-state index contributed by atoms with van der Waals surface area (Å²) in [6.45, 7) is 0. The van der Waals surface area contributed by atoms with E-state index in [0.29, 0.717) is 5.92 Å². The van der Waals surface area contributed by atoms with Crippen LogP contribution < -0.4 is 5.32 Å². The molecule has 5 nitrogen and oxygen atoms in total. The van der Waals surface area contributed by atoms with Crippen LogP contribution in [0.25, 0.3) is 10.9 Å². The number of hydrogen-bond acceptors (Lipinski definition) is 3. The molecule has 3 aromatic rings. The van der Waals surface area contributed by atoms with Gasteiger partial charge in [-0.3, -0.25) is 14.5 Å². The molecule has 0 bridgehead atoms. The van der Waals surface area contributed by atoms with E-state index in [-0.39, 0.29) is 11.8 Å². The van der Waals surface area contributed by atoms with Gasteiger partial charge in [0.2, 0.25) is 5.91 Å². The van der Waals surface area contributed by atoms with Crippen molar-refractivity contribution in [1.29, 1.82) is 0 Å². The van der Waals surface area contributed by atoms with E-state index >= 15 is 0 Å². The Hall–Kier alpha value is -2.69. The Labute approximate surface area is 128 Å². The van der Waals surface area contributed by atoms with Crippen LogP contribution >= 0.6 is 0 Å². The fourth-order valence-corrected chi connectivity index (χ4v) is 2.87. The van der Waals surface area contributed by atoms with E-state index in [0.717, 1.165) is 28.6 Å². The molecule has 2 atom stereocenters. The quantitative estimate of drug-likeness (QED) is 0.807. The minimum Gasteiger partial charge on any atom is -0.326 e. The Morgan fingerprint density at radius 3 is 3.09 bits per heavy atom. The fraction of sp³-hybridized carbons (Fsp3) is 0.235. The molecule has 1 amide bonds. The molecule has 1 aliphatic carbocycles. The third kappa shape index (κ3) is 2.35. The molecule has 5 heteroatoms. The molecule has 1 saturated carbocycles. The van der Waals surface area contributed by atoms with Gasteiger partial charge in [-0.2, -0.15) is 5.10 Å². The first kappa shape index (κ1) is 13.0. The number of aryl methyl sites for hydroxylation is 1. The van der Waals surface area contributed by atoms with Gasteiger partial charge in [0.05, 0.1) is 11.7 Å². The molecule has 2 aromatic heterocycles. The smallest absolute Gasteiger partial charge is 0.228 e. The van der Waals surface area contributed by atoms with Gasteiger partial charge >= 0.3 is 0 Å². The Morgan fingerprint density at radius 1 is 1.36 bits per heavy atom. The fourth-order valence-electron chi connectivity index (χ4n) is 2.87. The van der Waals surface area contributed by atoms with Gasteiger partial charge in [0, 0.05) is 36.4 Å². The predicted octanol–water partition coefficient (Wildman–Crippen LogP) is 2.71. The second-order valence-corrected chi connectivity index (χ2v) is 5.80. The highest BCUT2D eigenvalue weighted by Gasteiger charge is 2.44. The number of nitrogens with one attached hydrogen (secondary N) is 1. The number of rotatable bonds is 3. The molecular weight excluding hydrogens is 276 g/mol. The first-order valence-electron chi connectivity index (χ1n) is 7.35. The molecule has 0 radical (unpaired) electrons. The summed E-state index contributed by atoms with van der Waals surface area (Å²) in [6.07, 6.45) is 6.50. The van der Waals surface area contributed by atoms with E-state index in [1.165, 1.54) is 0 Å². The average Bonchev–Trinajstić information content (AvgIpc) is 3.22. The van der Waals surface area contributed by atoms with Crippen molar-refractivity contribution >= 4 is 22.5 Å². The zero-order valence-electron chi connectivity index (χ0n) is 12.2. The van der Waals surface area contributed by atoms with Crippen molar-refractivity contribution in [2.75, 3.05) is 5.32 Å². The van der Waals surface area contributed by atoms with Gasteiger partial charge in [-0.05, 0) is 42.2 Å². The standard InChI is InChI=1S/C17H16N4O/c1-21-10-12(9-19-21)14-8-15(14)17(22)20-13-4-5-16-11(7-13)3-2-6-18-16/h2-7,9-10,14-15H,8H2,1H3,(H,20,22)/t14-,15+/m0/s1. The monoisotopic (exact) mass is 292 g/mol.